The Hall–Kier alpha value is -3.87. The van der Waals surface area contributed by atoms with E-state index in [0.717, 1.165) is 11.7 Å². The van der Waals surface area contributed by atoms with Gasteiger partial charge in [-0.3, -0.25) is 4.79 Å². The van der Waals surface area contributed by atoms with Crippen LogP contribution in [0.2, 0.25) is 0 Å². The van der Waals surface area contributed by atoms with Gasteiger partial charge in [0.1, 0.15) is 21.7 Å². The molecule has 3 aromatic carbocycles. The van der Waals surface area contributed by atoms with Gasteiger partial charge in [0, 0.05) is 30.1 Å². The minimum absolute atomic E-state index is 0.0227. The van der Waals surface area contributed by atoms with Gasteiger partial charge in [0.15, 0.2) is 11.5 Å². The van der Waals surface area contributed by atoms with Crippen LogP contribution in [0.25, 0.3) is 21.9 Å². The van der Waals surface area contributed by atoms with Crippen LogP contribution in [0.15, 0.2) is 64.3 Å². The number of hydrogen-bond acceptors (Lipinski definition) is 8. The van der Waals surface area contributed by atoms with Crippen LogP contribution >= 0.6 is 11.7 Å². The molecule has 0 unspecified atom stereocenters. The fourth-order valence-electron chi connectivity index (χ4n) is 4.29. The number of nitrogens with one attached hydrogen (secondary N) is 1. The number of ether oxygens (including phenoxy) is 2. The molecule has 9 nitrogen and oxygen atoms in total. The lowest BCUT2D eigenvalue weighted by Crippen LogP contribution is -2.33. The van der Waals surface area contributed by atoms with E-state index in [2.05, 4.69) is 13.7 Å². The van der Waals surface area contributed by atoms with E-state index in [9.17, 15) is 17.6 Å². The molecule has 0 saturated carbocycles. The largest absolute Gasteiger partial charge is 0.493 e. The molecule has 0 atom stereocenters. The summed E-state index contributed by atoms with van der Waals surface area (Å²) in [7, 11) is -1.18. The molecule has 12 heteroatoms. The molecule has 0 radical (unpaired) electrons. The lowest BCUT2D eigenvalue weighted by molar-refractivity contribution is 0.355. The fourth-order valence-corrected chi connectivity index (χ4v) is 6.64. The van der Waals surface area contributed by atoms with Gasteiger partial charge in [-0.05, 0) is 48.4 Å². The second-order valence-corrected chi connectivity index (χ2v) is 11.1. The maximum Gasteiger partial charge on any atom is 0.252 e. The number of H-pyrrole nitrogens is 1. The summed E-state index contributed by atoms with van der Waals surface area (Å²) in [6.45, 7) is 1.34. The normalized spacial score (nSPS) is 11.9. The van der Waals surface area contributed by atoms with Crippen molar-refractivity contribution >= 4 is 43.7 Å². The van der Waals surface area contributed by atoms with Crippen molar-refractivity contribution in [2.75, 3.05) is 14.2 Å². The van der Waals surface area contributed by atoms with E-state index in [0.29, 0.717) is 39.0 Å². The monoisotopic (exact) mass is 554 g/mol. The fraction of sp³-hybridized carbons (Fsp3) is 0.192. The molecule has 38 heavy (non-hydrogen) atoms. The molecule has 0 aliphatic carbocycles. The SMILES string of the molecule is COc1cc2cc(CN(Cc3ccc(F)cc3)S(=O)(=O)c3c(C)ccc4nsnc34)c(=O)[nH]c2cc1OC. The molecule has 0 spiro atoms. The lowest BCUT2D eigenvalue weighted by Gasteiger charge is -2.23. The van der Waals surface area contributed by atoms with Crippen LogP contribution in [-0.4, -0.2) is 40.7 Å². The topological polar surface area (TPSA) is 114 Å². The molecule has 0 saturated heterocycles. The van der Waals surface area contributed by atoms with Crippen molar-refractivity contribution in [2.45, 2.75) is 24.9 Å². The predicted molar refractivity (Wildman–Crippen MR) is 143 cm³/mol. The molecular weight excluding hydrogens is 531 g/mol. The van der Waals surface area contributed by atoms with E-state index in [4.69, 9.17) is 9.47 Å². The van der Waals surface area contributed by atoms with Gasteiger partial charge in [-0.1, -0.05) is 18.2 Å². The highest BCUT2D eigenvalue weighted by atomic mass is 32.2. The summed E-state index contributed by atoms with van der Waals surface area (Å²) in [5.41, 5.74) is 2.07. The molecule has 0 amide bonds. The van der Waals surface area contributed by atoms with Crippen LogP contribution in [0.3, 0.4) is 0 Å². The Morgan fingerprint density at radius 2 is 1.68 bits per heavy atom. The van der Waals surface area contributed by atoms with E-state index in [1.807, 2.05) is 0 Å². The van der Waals surface area contributed by atoms with E-state index < -0.39 is 21.4 Å². The van der Waals surface area contributed by atoms with E-state index in [1.54, 1.807) is 37.3 Å². The van der Waals surface area contributed by atoms with Crippen molar-refractivity contribution in [3.63, 3.8) is 0 Å². The van der Waals surface area contributed by atoms with Crippen LogP contribution in [0.1, 0.15) is 16.7 Å². The Kier molecular flexibility index (Phi) is 6.86. The Morgan fingerprint density at radius 3 is 2.39 bits per heavy atom. The van der Waals surface area contributed by atoms with Crippen LogP contribution in [0.4, 0.5) is 4.39 Å². The van der Waals surface area contributed by atoms with E-state index >= 15 is 0 Å². The highest BCUT2D eigenvalue weighted by Gasteiger charge is 2.30. The zero-order chi connectivity index (χ0) is 27.0. The number of pyridine rings is 1. The first-order valence-electron chi connectivity index (χ1n) is 11.5. The highest BCUT2D eigenvalue weighted by Crippen LogP contribution is 2.32. The molecule has 196 valence electrons. The number of nitrogens with zero attached hydrogens (tertiary/aromatic N) is 3. The zero-order valence-corrected chi connectivity index (χ0v) is 22.3. The molecule has 5 rings (SSSR count). The lowest BCUT2D eigenvalue weighted by atomic mass is 10.1. The van der Waals surface area contributed by atoms with Crippen molar-refractivity contribution in [1.82, 2.24) is 18.0 Å². The first-order valence-corrected chi connectivity index (χ1v) is 13.6. The number of aromatic amines is 1. The number of rotatable bonds is 8. The van der Waals surface area contributed by atoms with Gasteiger partial charge in [0.05, 0.1) is 31.5 Å². The van der Waals surface area contributed by atoms with E-state index in [-0.39, 0.29) is 29.1 Å². The van der Waals surface area contributed by atoms with Gasteiger partial charge in [0.25, 0.3) is 5.56 Å². The van der Waals surface area contributed by atoms with Crippen LogP contribution in [0, 0.1) is 12.7 Å². The smallest absolute Gasteiger partial charge is 0.252 e. The van der Waals surface area contributed by atoms with Gasteiger partial charge >= 0.3 is 0 Å². The Balaban J connectivity index is 1.64. The summed E-state index contributed by atoms with van der Waals surface area (Å²) in [6, 6.07) is 13.9. The minimum Gasteiger partial charge on any atom is -0.493 e. The summed E-state index contributed by atoms with van der Waals surface area (Å²) < 4.78 is 62.1. The van der Waals surface area contributed by atoms with Crippen molar-refractivity contribution in [3.8, 4) is 11.5 Å². The average Bonchev–Trinajstić information content (AvgIpc) is 3.37. The van der Waals surface area contributed by atoms with Crippen molar-refractivity contribution in [2.24, 2.45) is 0 Å². The van der Waals surface area contributed by atoms with E-state index in [1.165, 1.54) is 42.8 Å². The third-order valence-corrected chi connectivity index (χ3v) is 8.73. The quantitative estimate of drug-likeness (QED) is 0.303. The summed E-state index contributed by atoms with van der Waals surface area (Å²) >= 11 is 0.922. The number of aryl methyl sites for hydroxylation is 1. The summed E-state index contributed by atoms with van der Waals surface area (Å²) in [5.74, 6) is 0.476. The molecule has 0 fully saturated rings. The summed E-state index contributed by atoms with van der Waals surface area (Å²) in [4.78, 5) is 15.9. The molecule has 2 aromatic heterocycles. The number of methoxy groups -OCH3 is 2. The van der Waals surface area contributed by atoms with Gasteiger partial charge in [-0.15, -0.1) is 0 Å². The van der Waals surface area contributed by atoms with Crippen molar-refractivity contribution in [1.29, 1.82) is 0 Å². The molecular formula is C26H23FN4O5S2. The molecule has 2 heterocycles. The number of sulfonamides is 1. The molecule has 5 aromatic rings. The third-order valence-electron chi connectivity index (χ3n) is 6.22. The zero-order valence-electron chi connectivity index (χ0n) is 20.7. The van der Waals surface area contributed by atoms with Crippen molar-refractivity contribution < 1.29 is 22.3 Å². The van der Waals surface area contributed by atoms with Gasteiger partial charge in [-0.2, -0.15) is 13.1 Å². The van der Waals surface area contributed by atoms with Crippen LogP contribution < -0.4 is 15.0 Å². The Bertz CT molecular complexity index is 1820. The maximum absolute atomic E-state index is 14.1. The molecule has 1 N–H and O–H groups in total. The van der Waals surface area contributed by atoms with Crippen LogP contribution in [-0.2, 0) is 23.1 Å². The number of aromatic nitrogens is 3. The predicted octanol–water partition coefficient (Wildman–Crippen LogP) is 4.39. The standard InChI is InChI=1S/C26H23FN4O5S2/c1-15-4-9-20-24(30-37-29-20)25(15)38(33,34)31(13-16-5-7-19(27)8-6-16)14-18-10-17-11-22(35-2)23(36-3)12-21(17)28-26(18)32/h4-12H,13-14H2,1-3H3,(H,28,32). The molecule has 0 bridgehead atoms. The first kappa shape index (κ1) is 25.8. The average molecular weight is 555 g/mol. The number of halogens is 1. The van der Waals surface area contributed by atoms with Crippen molar-refractivity contribution in [3.05, 3.63) is 87.5 Å². The second kappa shape index (κ2) is 10.1. The van der Waals surface area contributed by atoms with Gasteiger partial charge in [-0.25, -0.2) is 12.8 Å². The minimum atomic E-state index is -4.18. The number of fused-ring (bicyclic) bond motifs is 2. The molecule has 0 aliphatic rings. The number of hydrogen-bond donors (Lipinski definition) is 1. The molecule has 0 aliphatic heterocycles. The second-order valence-electron chi connectivity index (χ2n) is 8.66. The highest BCUT2D eigenvalue weighted by molar-refractivity contribution is 7.89. The maximum atomic E-state index is 14.1. The van der Waals surface area contributed by atoms with Gasteiger partial charge < -0.3 is 14.5 Å². The first-order chi connectivity index (χ1) is 18.2. The Morgan fingerprint density at radius 1 is 0.974 bits per heavy atom. The van der Waals surface area contributed by atoms with Gasteiger partial charge in [0.2, 0.25) is 10.0 Å². The summed E-state index contributed by atoms with van der Waals surface area (Å²) in [5, 5.41) is 0.637. The van der Waals surface area contributed by atoms with Crippen LogP contribution in [0.5, 0.6) is 11.5 Å². The third kappa shape index (κ3) is 4.73. The number of benzene rings is 3. The summed E-state index contributed by atoms with van der Waals surface area (Å²) in [6.07, 6.45) is 0. The Labute approximate surface area is 221 Å².